The Balaban J connectivity index is 0.00000144. The number of aromatic nitrogens is 1. The maximum absolute atomic E-state index is 10.6. The molecule has 0 spiro atoms. The van der Waals surface area contributed by atoms with E-state index in [2.05, 4.69) is 10.5 Å². The molecule has 0 atom stereocenters. The van der Waals surface area contributed by atoms with Gasteiger partial charge in [-0.25, -0.2) is 0 Å². The number of nitro groups is 1. The molecule has 1 heterocycles. The topological polar surface area (TPSA) is 56.0 Å². The second-order valence-electron chi connectivity index (χ2n) is 3.47. The minimum absolute atomic E-state index is 0. The Morgan fingerprint density at radius 2 is 2.12 bits per heavy atom. The Kier molecular flexibility index (Phi) is 4.92. The van der Waals surface area contributed by atoms with Crippen molar-refractivity contribution >= 4 is 17.0 Å². The van der Waals surface area contributed by atoms with E-state index < -0.39 is 4.92 Å². The van der Waals surface area contributed by atoms with Gasteiger partial charge in [-0.05, 0) is 18.0 Å². The first kappa shape index (κ1) is 14.4. The fourth-order valence-corrected chi connectivity index (χ4v) is 2.07. The zero-order chi connectivity index (χ0) is 11.7. The minimum Gasteiger partial charge on any atom is -0.386 e. The largest absolute Gasteiger partial charge is 0.386 e. The van der Waals surface area contributed by atoms with Gasteiger partial charge in [0.05, 0.1) is 4.92 Å². The van der Waals surface area contributed by atoms with Crippen LogP contribution in [0, 0.1) is 29.5 Å². The van der Waals surface area contributed by atoms with E-state index in [0.717, 1.165) is 21.7 Å². The molecule has 0 aliphatic carbocycles. The predicted octanol–water partition coefficient (Wildman–Crippen LogP) is 3.13. The van der Waals surface area contributed by atoms with Crippen LogP contribution in [0.25, 0.3) is 11.3 Å². The summed E-state index contributed by atoms with van der Waals surface area (Å²) < 4.78 is 0. The molecule has 2 rings (SSSR count). The van der Waals surface area contributed by atoms with E-state index >= 15 is 0 Å². The number of hydrogen-bond acceptors (Lipinski definition) is 4. The summed E-state index contributed by atoms with van der Waals surface area (Å²) in [6, 6.07) is 4.80. The van der Waals surface area contributed by atoms with Crippen LogP contribution in [0.15, 0.2) is 18.2 Å². The maximum Gasteiger partial charge on any atom is 0.269 e. The molecule has 0 amide bonds. The molecule has 0 fully saturated rings. The number of benzene rings is 1. The van der Waals surface area contributed by atoms with Gasteiger partial charge in [0.1, 0.15) is 0 Å². The Labute approximate surface area is 128 Å². The van der Waals surface area contributed by atoms with E-state index in [1.165, 1.54) is 17.4 Å². The summed E-state index contributed by atoms with van der Waals surface area (Å²) in [6.45, 7) is 3.81. The Bertz CT molecular complexity index is 554. The molecule has 0 saturated carbocycles. The molecule has 2 aromatic rings. The van der Waals surface area contributed by atoms with Crippen molar-refractivity contribution in [3.63, 3.8) is 0 Å². The van der Waals surface area contributed by atoms with Crippen LogP contribution >= 0.6 is 11.3 Å². The Hall–Kier alpha value is -0.646. The van der Waals surface area contributed by atoms with Crippen LogP contribution < -0.4 is 0 Å². The van der Waals surface area contributed by atoms with E-state index in [0.29, 0.717) is 0 Å². The van der Waals surface area contributed by atoms with Crippen molar-refractivity contribution in [2.45, 2.75) is 13.8 Å². The zero-order valence-corrected chi connectivity index (χ0v) is 13.1. The van der Waals surface area contributed by atoms with Crippen LogP contribution in [-0.2, 0) is 32.7 Å². The normalized spacial score (nSPS) is 9.76. The van der Waals surface area contributed by atoms with Crippen LogP contribution in [-0.4, -0.2) is 9.91 Å². The Morgan fingerprint density at radius 3 is 2.59 bits per heavy atom. The van der Waals surface area contributed by atoms with Crippen molar-refractivity contribution in [3.8, 4) is 11.3 Å². The van der Waals surface area contributed by atoms with Gasteiger partial charge >= 0.3 is 0 Å². The van der Waals surface area contributed by atoms with Gasteiger partial charge in [-0.15, -0.1) is 4.88 Å². The van der Waals surface area contributed by atoms with Crippen molar-refractivity contribution in [3.05, 3.63) is 44.3 Å². The molecular formula is C11H9N2O2SY-. The first-order valence-corrected chi connectivity index (χ1v) is 5.50. The molecule has 1 aromatic carbocycles. The van der Waals surface area contributed by atoms with Crippen LogP contribution in [0.5, 0.6) is 0 Å². The Morgan fingerprint density at radius 1 is 1.41 bits per heavy atom. The van der Waals surface area contributed by atoms with E-state index in [9.17, 15) is 10.1 Å². The van der Waals surface area contributed by atoms with Gasteiger partial charge in [-0.3, -0.25) is 21.5 Å². The predicted molar refractivity (Wildman–Crippen MR) is 62.5 cm³/mol. The third-order valence-corrected chi connectivity index (χ3v) is 3.05. The molecule has 1 aromatic heterocycles. The monoisotopic (exact) mass is 322 g/mol. The SMILES string of the molecule is Cc1cc([N+](=O)[O-])ccc1-c1n[c-]sc1C.[Y]. The van der Waals surface area contributed by atoms with Crippen LogP contribution in [0.1, 0.15) is 10.4 Å². The summed E-state index contributed by atoms with van der Waals surface area (Å²) in [5, 5.41) is 10.6. The molecule has 85 valence electrons. The van der Waals surface area contributed by atoms with Crippen molar-refractivity contribution in [2.24, 2.45) is 0 Å². The third-order valence-electron chi connectivity index (χ3n) is 2.37. The fourth-order valence-electron chi connectivity index (χ4n) is 1.54. The first-order chi connectivity index (χ1) is 7.59. The van der Waals surface area contributed by atoms with E-state index in [1.54, 1.807) is 12.1 Å². The summed E-state index contributed by atoms with van der Waals surface area (Å²) in [5.41, 5.74) is 5.58. The molecule has 0 aliphatic rings. The molecule has 0 saturated heterocycles. The summed E-state index contributed by atoms with van der Waals surface area (Å²) in [7, 11) is 0. The second kappa shape index (κ2) is 5.80. The number of non-ortho nitro benzene ring substituents is 1. The van der Waals surface area contributed by atoms with Gasteiger partial charge in [0.15, 0.2) is 0 Å². The number of hydrogen-bond donors (Lipinski definition) is 0. The number of nitrogens with zero attached hydrogens (tertiary/aromatic N) is 2. The molecule has 0 bridgehead atoms. The van der Waals surface area contributed by atoms with Gasteiger partial charge in [0.25, 0.3) is 5.69 Å². The molecule has 6 heteroatoms. The number of aryl methyl sites for hydroxylation is 2. The number of rotatable bonds is 2. The first-order valence-electron chi connectivity index (χ1n) is 4.68. The zero-order valence-electron chi connectivity index (χ0n) is 9.43. The second-order valence-corrected chi connectivity index (χ2v) is 4.47. The van der Waals surface area contributed by atoms with Gasteiger partial charge in [0.2, 0.25) is 0 Å². The third kappa shape index (κ3) is 2.97. The summed E-state index contributed by atoms with van der Waals surface area (Å²) in [4.78, 5) is 15.4. The standard InChI is InChI=1S/C11H9N2O2S.Y/c1-7-5-9(13(14)15)3-4-10(7)11-8(2)16-6-12-11;/h3-5H,1-2H3;/q-1;. The van der Waals surface area contributed by atoms with Gasteiger partial charge < -0.3 is 4.98 Å². The van der Waals surface area contributed by atoms with Gasteiger partial charge in [-0.2, -0.15) is 0 Å². The maximum atomic E-state index is 10.6. The molecule has 0 aliphatic heterocycles. The summed E-state index contributed by atoms with van der Waals surface area (Å²) in [6.07, 6.45) is 0. The van der Waals surface area contributed by atoms with Gasteiger partial charge in [-0.1, -0.05) is 24.2 Å². The van der Waals surface area contributed by atoms with Crippen molar-refractivity contribution in [2.75, 3.05) is 0 Å². The number of thiazole rings is 1. The van der Waals surface area contributed by atoms with Crippen molar-refractivity contribution in [1.82, 2.24) is 4.98 Å². The molecule has 17 heavy (non-hydrogen) atoms. The molecule has 0 N–H and O–H groups in total. The van der Waals surface area contributed by atoms with Crippen molar-refractivity contribution < 1.29 is 37.6 Å². The van der Waals surface area contributed by atoms with Crippen LogP contribution in [0.3, 0.4) is 0 Å². The summed E-state index contributed by atoms with van der Waals surface area (Å²) >= 11 is 1.45. The smallest absolute Gasteiger partial charge is 0.269 e. The van der Waals surface area contributed by atoms with Crippen molar-refractivity contribution in [1.29, 1.82) is 0 Å². The average Bonchev–Trinajstić information content (AvgIpc) is 2.64. The van der Waals surface area contributed by atoms with Gasteiger partial charge in [0, 0.05) is 44.8 Å². The average molecular weight is 322 g/mol. The van der Waals surface area contributed by atoms with E-state index in [4.69, 9.17) is 0 Å². The molecule has 4 nitrogen and oxygen atoms in total. The summed E-state index contributed by atoms with van der Waals surface area (Å²) in [5.74, 6) is 0. The molecular weight excluding hydrogens is 313 g/mol. The minimum atomic E-state index is -0.392. The van der Waals surface area contributed by atoms with Crippen LogP contribution in [0.2, 0.25) is 0 Å². The van der Waals surface area contributed by atoms with E-state index in [1.807, 2.05) is 13.8 Å². The quantitative estimate of drug-likeness (QED) is 0.485. The van der Waals surface area contributed by atoms with Crippen LogP contribution in [0.4, 0.5) is 5.69 Å². The molecule has 1 radical (unpaired) electrons. The molecule has 0 unspecified atom stereocenters. The fraction of sp³-hybridized carbons (Fsp3) is 0.182. The van der Waals surface area contributed by atoms with E-state index in [-0.39, 0.29) is 38.4 Å². The number of nitro benzene ring substituents is 1.